The molecular weight excluding hydrogens is 501 g/mol. The van der Waals surface area contributed by atoms with Crippen LogP contribution in [0.2, 0.25) is 0 Å². The Morgan fingerprint density at radius 1 is 0.643 bits per heavy atom. The number of rotatable bonds is 15. The monoisotopic (exact) mass is 519 g/mol. The zero-order valence-corrected chi connectivity index (χ0v) is 17.9. The third-order valence-corrected chi connectivity index (χ3v) is 8.72. The summed E-state index contributed by atoms with van der Waals surface area (Å²) in [6.45, 7) is 0.757. The van der Waals surface area contributed by atoms with E-state index in [1.54, 1.807) is 0 Å². The van der Waals surface area contributed by atoms with Crippen LogP contribution in [0.1, 0.15) is 0 Å². The number of hydrogen-bond donors (Lipinski definition) is 9. The minimum atomic E-state index is -6.10. The Morgan fingerprint density at radius 2 is 1.07 bits per heavy atom. The molecule has 0 radical (unpaired) electrons. The topological polar surface area (TPSA) is 303 Å². The average molecular weight is 519 g/mol. The molecule has 0 aliphatic heterocycles. The summed E-state index contributed by atoms with van der Waals surface area (Å²) in [5, 5.41) is 2.73. The molecule has 19 nitrogen and oxygen atoms in total. The van der Waals surface area contributed by atoms with Gasteiger partial charge in [0.2, 0.25) is 0 Å². The first kappa shape index (κ1) is 28.6. The number of hydroxylamine groups is 1. The smallest absolute Gasteiger partial charge is 0.329 e. The van der Waals surface area contributed by atoms with E-state index in [2.05, 4.69) is 27.2 Å². The van der Waals surface area contributed by atoms with Gasteiger partial charge in [-0.15, -0.1) is 0 Å². The summed E-state index contributed by atoms with van der Waals surface area (Å²) in [7, 11) is -29.2. The lowest BCUT2D eigenvalue weighted by atomic mass is 10.6. The molecule has 0 aromatic rings. The van der Waals surface area contributed by atoms with Crippen molar-refractivity contribution in [2.75, 3.05) is 26.2 Å². The molecule has 0 spiro atoms. The van der Waals surface area contributed by atoms with Crippen LogP contribution in [-0.2, 0) is 44.7 Å². The Labute approximate surface area is 156 Å². The Hall–Kier alpha value is 0.590. The van der Waals surface area contributed by atoms with Crippen molar-refractivity contribution >= 4 is 39.1 Å². The molecule has 0 aromatic carbocycles. The third kappa shape index (κ3) is 15.4. The summed E-state index contributed by atoms with van der Waals surface area (Å²) < 4.78 is 73.3. The van der Waals surface area contributed by atoms with Gasteiger partial charge in [-0.2, -0.15) is 27.3 Å². The molecule has 0 fully saturated rings. The Balaban J connectivity index is 4.77. The van der Waals surface area contributed by atoms with E-state index in [-0.39, 0.29) is 13.1 Å². The van der Waals surface area contributed by atoms with Crippen LogP contribution in [0, 0.1) is 0 Å². The van der Waals surface area contributed by atoms with Crippen LogP contribution in [0.5, 0.6) is 0 Å². The van der Waals surface area contributed by atoms with E-state index in [0.29, 0.717) is 13.1 Å². The zero-order valence-electron chi connectivity index (χ0n) is 13.4. The zero-order chi connectivity index (χ0) is 22.3. The molecule has 0 saturated heterocycles. The van der Waals surface area contributed by atoms with E-state index in [1.807, 2.05) is 5.48 Å². The second kappa shape index (κ2) is 11.3. The Kier molecular flexibility index (Phi) is 11.5. The molecule has 10 N–H and O–H groups in total. The number of nitrogens with one attached hydrogen (secondary N) is 2. The first-order valence-electron chi connectivity index (χ1n) is 6.43. The van der Waals surface area contributed by atoms with Gasteiger partial charge < -0.3 is 40.4 Å². The van der Waals surface area contributed by atoms with Gasteiger partial charge in [0, 0.05) is 26.2 Å². The summed E-state index contributed by atoms with van der Waals surface area (Å²) in [6.07, 6.45) is 0. The van der Waals surface area contributed by atoms with Crippen LogP contribution in [-0.4, -0.2) is 55.5 Å². The first-order valence-corrected chi connectivity index (χ1v) is 13.9. The molecule has 0 aromatic heterocycles. The van der Waals surface area contributed by atoms with Gasteiger partial charge in [-0.05, 0) is 0 Å². The number of phosphoric acid groups is 5. The molecule has 24 heteroatoms. The van der Waals surface area contributed by atoms with E-state index in [4.69, 9.17) is 30.2 Å². The molecule has 0 heterocycles. The summed E-state index contributed by atoms with van der Waals surface area (Å²) in [5.74, 6) is 0. The van der Waals surface area contributed by atoms with Gasteiger partial charge in [-0.25, -0.2) is 22.8 Å². The molecule has 4 unspecified atom stereocenters. The highest BCUT2D eigenvalue weighted by atomic mass is 31.3. The standard InChI is InChI=1S/C4H18N3O16P5/c5-1-2-6-3-4-7-19-25(11,12)21-27(15,16)23-28(17,18)22-26(13,14)20-24(8,9)10/h6-7H,1-5H2,(H,11,12)(H,13,14)(H,15,16)(H,17,18)(H2,8,9,10). The van der Waals surface area contributed by atoms with Crippen LogP contribution in [0.3, 0.4) is 0 Å². The first-order chi connectivity index (χ1) is 12.4. The maximum atomic E-state index is 11.5. The van der Waals surface area contributed by atoms with Crippen molar-refractivity contribution in [2.45, 2.75) is 0 Å². The van der Waals surface area contributed by atoms with Crippen molar-refractivity contribution in [3.63, 3.8) is 0 Å². The third-order valence-electron chi connectivity index (χ3n) is 1.73. The second-order valence-electron chi connectivity index (χ2n) is 4.22. The average Bonchev–Trinajstić information content (AvgIpc) is 2.35. The van der Waals surface area contributed by atoms with Crippen molar-refractivity contribution in [3.8, 4) is 0 Å². The van der Waals surface area contributed by atoms with Crippen molar-refractivity contribution in [1.29, 1.82) is 0 Å². The van der Waals surface area contributed by atoms with Gasteiger partial charge in [0.1, 0.15) is 0 Å². The predicted molar refractivity (Wildman–Crippen MR) is 86.7 cm³/mol. The molecule has 0 aliphatic carbocycles. The highest BCUT2D eigenvalue weighted by Gasteiger charge is 2.47. The molecule has 28 heavy (non-hydrogen) atoms. The summed E-state index contributed by atoms with van der Waals surface area (Å²) in [4.78, 5) is 52.9. The summed E-state index contributed by atoms with van der Waals surface area (Å²) in [6, 6.07) is 0. The van der Waals surface area contributed by atoms with Crippen LogP contribution >= 0.6 is 39.1 Å². The lowest BCUT2D eigenvalue weighted by Gasteiger charge is -2.19. The molecule has 170 valence electrons. The fraction of sp³-hybridized carbons (Fsp3) is 1.00. The molecule has 0 bridgehead atoms. The molecule has 0 rings (SSSR count). The Bertz CT molecular complexity index is 734. The van der Waals surface area contributed by atoms with Gasteiger partial charge in [0.15, 0.2) is 0 Å². The SMILES string of the molecule is NCCNCCNOP(=O)(O)OP(=O)(O)OP(=O)(O)OP(=O)(O)OP(=O)(O)O. The molecule has 0 saturated carbocycles. The predicted octanol–water partition coefficient (Wildman–Crippen LogP) is -1.38. The lowest BCUT2D eigenvalue weighted by Crippen LogP contribution is -2.30. The van der Waals surface area contributed by atoms with Gasteiger partial charge in [-0.3, -0.25) is 0 Å². The summed E-state index contributed by atoms with van der Waals surface area (Å²) in [5.41, 5.74) is 7.03. The largest absolute Gasteiger partial charge is 0.497 e. The number of hydrogen-bond acceptors (Lipinski definition) is 13. The van der Waals surface area contributed by atoms with Crippen molar-refractivity contribution in [3.05, 3.63) is 0 Å². The molecule has 0 amide bonds. The summed E-state index contributed by atoms with van der Waals surface area (Å²) >= 11 is 0. The quantitative estimate of drug-likeness (QED) is 0.0683. The van der Waals surface area contributed by atoms with E-state index < -0.39 is 39.1 Å². The van der Waals surface area contributed by atoms with Crippen LogP contribution in [0.4, 0.5) is 0 Å². The van der Waals surface area contributed by atoms with Gasteiger partial charge in [0.05, 0.1) is 0 Å². The van der Waals surface area contributed by atoms with Crippen molar-refractivity contribution < 1.29 is 74.1 Å². The Morgan fingerprint density at radius 3 is 1.50 bits per heavy atom. The second-order valence-corrected chi connectivity index (χ2v) is 11.7. The molecular formula is C4H18N3O16P5. The normalized spacial score (nSPS) is 21.2. The fourth-order valence-corrected chi connectivity index (χ4v) is 6.84. The maximum absolute atomic E-state index is 11.5. The van der Waals surface area contributed by atoms with Crippen molar-refractivity contribution in [1.82, 2.24) is 10.8 Å². The van der Waals surface area contributed by atoms with Crippen LogP contribution < -0.4 is 16.5 Å². The highest BCUT2D eigenvalue weighted by Crippen LogP contribution is 2.73. The van der Waals surface area contributed by atoms with E-state index in [9.17, 15) is 27.7 Å². The van der Waals surface area contributed by atoms with Gasteiger partial charge >= 0.3 is 39.1 Å². The van der Waals surface area contributed by atoms with E-state index in [0.717, 1.165) is 0 Å². The maximum Gasteiger partial charge on any atom is 0.497 e. The van der Waals surface area contributed by atoms with Crippen LogP contribution in [0.25, 0.3) is 0 Å². The van der Waals surface area contributed by atoms with Gasteiger partial charge in [-0.1, -0.05) is 0 Å². The minimum Gasteiger partial charge on any atom is -0.329 e. The van der Waals surface area contributed by atoms with Crippen molar-refractivity contribution in [2.24, 2.45) is 5.73 Å². The van der Waals surface area contributed by atoms with E-state index in [1.165, 1.54) is 0 Å². The minimum absolute atomic E-state index is 0.125. The highest BCUT2D eigenvalue weighted by molar-refractivity contribution is 7.71. The number of nitrogens with two attached hydrogens (primary N) is 1. The lowest BCUT2D eigenvalue weighted by molar-refractivity contribution is 0.118. The van der Waals surface area contributed by atoms with Gasteiger partial charge in [0.25, 0.3) is 0 Å². The fourth-order valence-electron chi connectivity index (χ4n) is 1.08. The van der Waals surface area contributed by atoms with E-state index >= 15 is 0 Å². The molecule has 0 aliphatic rings. The molecule has 4 atom stereocenters. The van der Waals surface area contributed by atoms with Crippen LogP contribution in [0.15, 0.2) is 0 Å².